The minimum atomic E-state index is -9.74. The second-order valence-electron chi connectivity index (χ2n) is 3.17. The van der Waals surface area contributed by atoms with Crippen molar-refractivity contribution in [1.82, 2.24) is 0 Å². The molecule has 0 spiro atoms. The average Bonchev–Trinajstić information content (AvgIpc) is 2.15. The number of rotatable bonds is 3. The molecular formula is C9H8F5NOS. The molecule has 17 heavy (non-hydrogen) atoms. The summed E-state index contributed by atoms with van der Waals surface area (Å²) in [6, 6.07) is 2.42. The summed E-state index contributed by atoms with van der Waals surface area (Å²) in [5.41, 5.74) is -0.572. The van der Waals surface area contributed by atoms with Crippen LogP contribution in [-0.4, -0.2) is 6.61 Å². The molecule has 0 saturated heterocycles. The third kappa shape index (κ3) is 3.23. The fourth-order valence-corrected chi connectivity index (χ4v) is 1.78. The van der Waals surface area contributed by atoms with E-state index in [-0.39, 0.29) is 24.5 Å². The second-order valence-corrected chi connectivity index (χ2v) is 5.58. The lowest BCUT2D eigenvalue weighted by molar-refractivity contribution is 0.338. The molecule has 0 aliphatic rings. The van der Waals surface area contributed by atoms with Crippen LogP contribution in [0.5, 0.6) is 5.75 Å². The van der Waals surface area contributed by atoms with Crippen LogP contribution < -0.4 is 4.74 Å². The summed E-state index contributed by atoms with van der Waals surface area (Å²) in [4.78, 5) is -2.09. The summed E-state index contributed by atoms with van der Waals surface area (Å²) < 4.78 is 67.0. The fraction of sp³-hybridized carbons (Fsp3) is 0.222. The van der Waals surface area contributed by atoms with Crippen LogP contribution in [0.3, 0.4) is 0 Å². The van der Waals surface area contributed by atoms with Gasteiger partial charge in [0.05, 0.1) is 12.2 Å². The first-order valence-corrected chi connectivity index (χ1v) is 6.34. The van der Waals surface area contributed by atoms with Gasteiger partial charge in [-0.05, 0) is 25.1 Å². The number of hydrogen-bond donors (Lipinski definition) is 0. The summed E-state index contributed by atoms with van der Waals surface area (Å²) in [7, 11) is -9.74. The summed E-state index contributed by atoms with van der Waals surface area (Å²) in [6.45, 7) is 1.67. The number of nitriles is 1. The maximum Gasteiger partial charge on any atom is 0.310 e. The van der Waals surface area contributed by atoms with Crippen LogP contribution in [-0.2, 0) is 0 Å². The molecule has 1 rings (SSSR count). The molecule has 0 saturated carbocycles. The van der Waals surface area contributed by atoms with Gasteiger partial charge in [-0.1, -0.05) is 19.4 Å². The molecule has 0 atom stereocenters. The third-order valence-corrected chi connectivity index (χ3v) is 2.96. The molecule has 0 amide bonds. The lowest BCUT2D eigenvalue weighted by Gasteiger charge is -2.40. The van der Waals surface area contributed by atoms with E-state index in [1.165, 1.54) is 6.07 Å². The van der Waals surface area contributed by atoms with Crippen molar-refractivity contribution < 1.29 is 24.2 Å². The topological polar surface area (TPSA) is 33.0 Å². The van der Waals surface area contributed by atoms with Crippen LogP contribution in [0, 0.1) is 11.3 Å². The van der Waals surface area contributed by atoms with E-state index in [4.69, 9.17) is 10.00 Å². The van der Waals surface area contributed by atoms with Crippen LogP contribution in [0.4, 0.5) is 19.4 Å². The van der Waals surface area contributed by atoms with Gasteiger partial charge in [0.15, 0.2) is 0 Å². The summed E-state index contributed by atoms with van der Waals surface area (Å²) in [5.74, 6) is -0.152. The van der Waals surface area contributed by atoms with Crippen molar-refractivity contribution in [2.24, 2.45) is 0 Å². The molecule has 0 fully saturated rings. The van der Waals surface area contributed by atoms with E-state index in [9.17, 15) is 19.4 Å². The first-order chi connectivity index (χ1) is 7.47. The molecule has 0 unspecified atom stereocenters. The Kier molecular flexibility index (Phi) is 2.60. The first-order valence-electron chi connectivity index (χ1n) is 4.39. The van der Waals surface area contributed by atoms with Gasteiger partial charge >= 0.3 is 10.2 Å². The van der Waals surface area contributed by atoms with Gasteiger partial charge in [0.1, 0.15) is 16.7 Å². The highest BCUT2D eigenvalue weighted by atomic mass is 32.5. The Morgan fingerprint density at radius 1 is 1.24 bits per heavy atom. The largest absolute Gasteiger partial charge is 0.492 e. The highest BCUT2D eigenvalue weighted by Crippen LogP contribution is 3.02. The van der Waals surface area contributed by atoms with Gasteiger partial charge in [-0.15, -0.1) is 0 Å². The van der Waals surface area contributed by atoms with Gasteiger partial charge in [0.2, 0.25) is 0 Å². The van der Waals surface area contributed by atoms with Crippen molar-refractivity contribution in [3.63, 3.8) is 0 Å². The Morgan fingerprint density at radius 3 is 2.24 bits per heavy atom. The van der Waals surface area contributed by atoms with E-state index in [0.717, 1.165) is 6.07 Å². The van der Waals surface area contributed by atoms with Crippen molar-refractivity contribution in [2.45, 2.75) is 11.8 Å². The number of nitrogens with zero attached hydrogens (tertiary/aromatic N) is 1. The van der Waals surface area contributed by atoms with Gasteiger partial charge < -0.3 is 4.74 Å². The Balaban J connectivity index is 3.41. The van der Waals surface area contributed by atoms with Crippen molar-refractivity contribution in [2.75, 3.05) is 6.61 Å². The Labute approximate surface area is 94.3 Å². The molecule has 0 radical (unpaired) electrons. The molecule has 0 aliphatic carbocycles. The van der Waals surface area contributed by atoms with Crippen LogP contribution in [0.15, 0.2) is 23.1 Å². The molecule has 96 valence electrons. The number of ether oxygens (including phenoxy) is 1. The van der Waals surface area contributed by atoms with Gasteiger partial charge in [-0.25, -0.2) is 0 Å². The summed E-state index contributed by atoms with van der Waals surface area (Å²) in [6.07, 6.45) is 0. The second kappa shape index (κ2) is 3.26. The Bertz CT molecular complexity index is 490. The normalized spacial score (nSPS) is 15.6. The zero-order valence-electron chi connectivity index (χ0n) is 8.59. The molecule has 0 N–H and O–H groups in total. The van der Waals surface area contributed by atoms with Crippen molar-refractivity contribution in [3.05, 3.63) is 23.8 Å². The fourth-order valence-electron chi connectivity index (χ4n) is 1.12. The lowest BCUT2D eigenvalue weighted by Crippen LogP contribution is -2.07. The minimum absolute atomic E-state index is 0.104. The van der Waals surface area contributed by atoms with E-state index in [1.807, 2.05) is 0 Å². The van der Waals surface area contributed by atoms with Crippen LogP contribution in [0.25, 0.3) is 0 Å². The molecule has 8 heteroatoms. The minimum Gasteiger partial charge on any atom is -0.492 e. The lowest BCUT2D eigenvalue weighted by atomic mass is 10.2. The van der Waals surface area contributed by atoms with Gasteiger partial charge in [-0.3, -0.25) is 0 Å². The van der Waals surface area contributed by atoms with Crippen molar-refractivity contribution in [3.8, 4) is 11.8 Å². The molecule has 0 heterocycles. The van der Waals surface area contributed by atoms with Gasteiger partial charge in [0.25, 0.3) is 0 Å². The number of halogens is 5. The first kappa shape index (κ1) is 13.6. The maximum atomic E-state index is 12.4. The standard InChI is InChI=1S/C9H8F5NOS/c1-2-16-9-4-3-8(5-7(9)6-15)17(10,11,12,13)14/h3-5H,2H2,1H3. The Hall–Kier alpha value is -1.49. The third-order valence-electron chi connectivity index (χ3n) is 1.82. The zero-order chi connectivity index (χ0) is 13.4. The van der Waals surface area contributed by atoms with Gasteiger partial charge in [-0.2, -0.15) is 5.26 Å². The molecule has 2 nitrogen and oxygen atoms in total. The van der Waals surface area contributed by atoms with E-state index in [2.05, 4.69) is 0 Å². The van der Waals surface area contributed by atoms with Crippen molar-refractivity contribution >= 4 is 10.2 Å². The quantitative estimate of drug-likeness (QED) is 0.753. The number of hydrogen-bond acceptors (Lipinski definition) is 2. The average molecular weight is 273 g/mol. The smallest absolute Gasteiger partial charge is 0.310 e. The van der Waals surface area contributed by atoms with Gasteiger partial charge in [0, 0.05) is 0 Å². The van der Waals surface area contributed by atoms with E-state index >= 15 is 0 Å². The van der Waals surface area contributed by atoms with Crippen molar-refractivity contribution in [1.29, 1.82) is 5.26 Å². The van der Waals surface area contributed by atoms with Crippen LogP contribution >= 0.6 is 10.2 Å². The monoisotopic (exact) mass is 273 g/mol. The van der Waals surface area contributed by atoms with Crippen LogP contribution in [0.1, 0.15) is 12.5 Å². The predicted molar refractivity (Wildman–Crippen MR) is 53.7 cm³/mol. The molecule has 1 aromatic carbocycles. The molecule has 0 bridgehead atoms. The van der Waals surface area contributed by atoms with E-state index in [1.54, 1.807) is 6.92 Å². The van der Waals surface area contributed by atoms with Crippen LogP contribution in [0.2, 0.25) is 0 Å². The van der Waals surface area contributed by atoms with E-state index in [0.29, 0.717) is 0 Å². The summed E-state index contributed by atoms with van der Waals surface area (Å²) in [5, 5.41) is 8.57. The SMILES string of the molecule is CCOc1ccc(S(F)(F)(F)(F)F)cc1C#N. The number of benzene rings is 1. The predicted octanol–water partition coefficient (Wildman–Crippen LogP) is 4.61. The zero-order valence-corrected chi connectivity index (χ0v) is 9.41. The maximum absolute atomic E-state index is 12.4. The molecular weight excluding hydrogens is 265 g/mol. The Morgan fingerprint density at radius 2 is 1.82 bits per heavy atom. The molecule has 0 aliphatic heterocycles. The molecule has 1 aromatic rings. The highest BCUT2D eigenvalue weighted by Gasteiger charge is 2.65. The molecule has 0 aromatic heterocycles. The summed E-state index contributed by atoms with van der Waals surface area (Å²) >= 11 is 0. The highest BCUT2D eigenvalue weighted by molar-refractivity contribution is 8.45. The van der Waals surface area contributed by atoms with E-state index < -0.39 is 20.7 Å².